The molecule has 6 heteroatoms. The number of nitrogens with zero attached hydrogens (tertiary/aromatic N) is 1. The van der Waals surface area contributed by atoms with E-state index in [4.69, 9.17) is 0 Å². The van der Waals surface area contributed by atoms with Gasteiger partial charge in [0.1, 0.15) is 0 Å². The maximum atomic E-state index is 11.4. The third-order valence-corrected chi connectivity index (χ3v) is 4.06. The Morgan fingerprint density at radius 2 is 2.00 bits per heavy atom. The summed E-state index contributed by atoms with van der Waals surface area (Å²) in [6.45, 7) is 0. The summed E-state index contributed by atoms with van der Waals surface area (Å²) in [7, 11) is 0. The number of benzene rings is 1. The molecule has 20 heavy (non-hydrogen) atoms. The summed E-state index contributed by atoms with van der Waals surface area (Å²) < 4.78 is 0. The van der Waals surface area contributed by atoms with E-state index in [-0.39, 0.29) is 29.1 Å². The lowest BCUT2D eigenvalue weighted by atomic mass is 9.96. The molecule has 0 spiro atoms. The Bertz CT molecular complexity index is 639. The lowest BCUT2D eigenvalue weighted by molar-refractivity contribution is -0.122. The monoisotopic (exact) mass is 273 g/mol. The second-order valence-electron chi connectivity index (χ2n) is 5.34. The Morgan fingerprint density at radius 3 is 2.85 bits per heavy atom. The lowest BCUT2D eigenvalue weighted by Gasteiger charge is -2.19. The second kappa shape index (κ2) is 4.42. The minimum atomic E-state index is 0. The number of fused-ring (bicyclic) bond motifs is 2. The van der Waals surface area contributed by atoms with Gasteiger partial charge in [0.05, 0.1) is 5.71 Å². The van der Waals surface area contributed by atoms with Crippen molar-refractivity contribution in [2.45, 2.75) is 19.3 Å². The fraction of sp³-hybridized carbons (Fsp3) is 0.357. The van der Waals surface area contributed by atoms with Crippen molar-refractivity contribution in [3.63, 3.8) is 0 Å². The summed E-state index contributed by atoms with van der Waals surface area (Å²) in [5, 5.41) is 7.07. The van der Waals surface area contributed by atoms with Crippen LogP contribution in [0, 0.1) is 11.8 Å². The highest BCUT2D eigenvalue weighted by Crippen LogP contribution is 2.43. The molecule has 2 atom stereocenters. The molecule has 0 aromatic heterocycles. The maximum Gasteiger partial charge on any atom is 0.243 e. The van der Waals surface area contributed by atoms with Gasteiger partial charge in [-0.1, -0.05) is 6.07 Å². The zero-order valence-electron chi connectivity index (χ0n) is 10.8. The van der Waals surface area contributed by atoms with Gasteiger partial charge in [0.15, 0.2) is 0 Å². The molecule has 2 aliphatic heterocycles. The van der Waals surface area contributed by atoms with Crippen molar-refractivity contribution in [2.24, 2.45) is 16.9 Å². The van der Waals surface area contributed by atoms with Crippen LogP contribution in [0.4, 0.5) is 5.69 Å². The molecule has 3 aliphatic rings. The predicted octanol–water partition coefficient (Wildman–Crippen LogP) is 0.217. The Labute approximate surface area is 115 Å². The number of hydrogen-bond acceptors (Lipinski definition) is 3. The summed E-state index contributed by atoms with van der Waals surface area (Å²) in [4.78, 5) is 22.7. The molecule has 1 aromatic carbocycles. The van der Waals surface area contributed by atoms with Gasteiger partial charge < -0.3 is 10.8 Å². The summed E-state index contributed by atoms with van der Waals surface area (Å²) in [6.07, 6.45) is 2.20. The smallest absolute Gasteiger partial charge is 0.243 e. The molecule has 104 valence electrons. The topological polar surface area (TPSA) is 102 Å². The first-order chi connectivity index (χ1) is 9.22. The third-order valence-electron chi connectivity index (χ3n) is 4.06. The summed E-state index contributed by atoms with van der Waals surface area (Å²) in [6, 6.07) is 5.98. The summed E-state index contributed by atoms with van der Waals surface area (Å²) in [5.74, 6) is 0.511. The Morgan fingerprint density at radius 1 is 1.15 bits per heavy atom. The predicted molar refractivity (Wildman–Crippen MR) is 73.3 cm³/mol. The highest BCUT2D eigenvalue weighted by molar-refractivity contribution is 6.10. The van der Waals surface area contributed by atoms with E-state index in [0.29, 0.717) is 6.42 Å². The molecule has 4 rings (SSSR count). The largest absolute Gasteiger partial charge is 0.412 e. The molecule has 2 amide bonds. The van der Waals surface area contributed by atoms with Gasteiger partial charge in [-0.05, 0) is 36.1 Å². The average Bonchev–Trinajstić information content (AvgIpc) is 3.20. The van der Waals surface area contributed by atoms with Crippen molar-refractivity contribution in [1.29, 1.82) is 0 Å². The van der Waals surface area contributed by atoms with Crippen LogP contribution in [0.2, 0.25) is 0 Å². The van der Waals surface area contributed by atoms with Crippen molar-refractivity contribution in [3.05, 3.63) is 29.3 Å². The molecule has 6 nitrogen and oxygen atoms in total. The van der Waals surface area contributed by atoms with Crippen molar-refractivity contribution in [3.8, 4) is 0 Å². The molecule has 0 bridgehead atoms. The molecule has 4 N–H and O–H groups in total. The molecule has 1 fully saturated rings. The van der Waals surface area contributed by atoms with Gasteiger partial charge in [-0.3, -0.25) is 9.59 Å². The van der Waals surface area contributed by atoms with Crippen LogP contribution in [-0.2, 0) is 16.0 Å². The van der Waals surface area contributed by atoms with Crippen LogP contribution < -0.4 is 10.7 Å². The molecule has 2 unspecified atom stereocenters. The number of nitrogens with one attached hydrogen (secondary N) is 2. The van der Waals surface area contributed by atoms with Gasteiger partial charge in [-0.2, -0.15) is 5.10 Å². The van der Waals surface area contributed by atoms with E-state index in [1.165, 1.54) is 0 Å². The van der Waals surface area contributed by atoms with Crippen molar-refractivity contribution >= 4 is 23.2 Å². The SMILES string of the molecule is O.O=C1CCc2cc(C3=NNC(=O)C4CC34)ccc2N1. The zero-order chi connectivity index (χ0) is 13.0. The Hall–Kier alpha value is -2.21. The van der Waals surface area contributed by atoms with Crippen molar-refractivity contribution in [2.75, 3.05) is 5.32 Å². The van der Waals surface area contributed by atoms with E-state index >= 15 is 0 Å². The molecule has 2 heterocycles. The molecule has 0 radical (unpaired) electrons. The molecular weight excluding hydrogens is 258 g/mol. The number of carbonyl (C=O) groups is 2. The number of carbonyl (C=O) groups excluding carboxylic acids is 2. The second-order valence-corrected chi connectivity index (χ2v) is 5.34. The van der Waals surface area contributed by atoms with Crippen LogP contribution in [0.1, 0.15) is 24.0 Å². The van der Waals surface area contributed by atoms with Gasteiger partial charge in [-0.15, -0.1) is 0 Å². The van der Waals surface area contributed by atoms with Gasteiger partial charge in [0, 0.05) is 23.9 Å². The van der Waals surface area contributed by atoms with E-state index in [2.05, 4.69) is 21.9 Å². The number of anilines is 1. The fourth-order valence-electron chi connectivity index (χ4n) is 2.89. The van der Waals surface area contributed by atoms with Crippen LogP contribution in [-0.4, -0.2) is 23.0 Å². The van der Waals surface area contributed by atoms with Crippen LogP contribution in [0.3, 0.4) is 0 Å². The lowest BCUT2D eigenvalue weighted by Crippen LogP contribution is -2.29. The quantitative estimate of drug-likeness (QED) is 0.764. The Kier molecular flexibility index (Phi) is 2.83. The van der Waals surface area contributed by atoms with Gasteiger partial charge in [-0.25, -0.2) is 5.43 Å². The highest BCUT2D eigenvalue weighted by atomic mass is 16.2. The van der Waals surface area contributed by atoms with E-state index in [9.17, 15) is 9.59 Å². The minimum absolute atomic E-state index is 0. The maximum absolute atomic E-state index is 11.4. The number of aryl methyl sites for hydroxylation is 1. The summed E-state index contributed by atoms with van der Waals surface area (Å²) >= 11 is 0. The number of hydrazone groups is 1. The van der Waals surface area contributed by atoms with Crippen molar-refractivity contribution in [1.82, 2.24) is 5.43 Å². The normalized spacial score (nSPS) is 26.3. The first-order valence-corrected chi connectivity index (χ1v) is 6.53. The summed E-state index contributed by atoms with van der Waals surface area (Å²) in [5.41, 5.74) is 6.67. The van der Waals surface area contributed by atoms with Crippen LogP contribution in [0.15, 0.2) is 23.3 Å². The first-order valence-electron chi connectivity index (χ1n) is 6.53. The first kappa shape index (κ1) is 12.8. The number of hydrogen-bond donors (Lipinski definition) is 2. The fourth-order valence-corrected chi connectivity index (χ4v) is 2.89. The standard InChI is InChI=1S/C14H13N3O2.H2O/c18-12-4-2-7-5-8(1-3-11(7)15-12)13-9-6-10(9)14(19)17-16-13;/h1,3,5,9-10H,2,4,6H2,(H,15,18)(H,17,19);1H2. The van der Waals surface area contributed by atoms with Gasteiger partial charge in [0.25, 0.3) is 0 Å². The third kappa shape index (κ3) is 1.89. The number of amides is 2. The van der Waals surface area contributed by atoms with E-state index in [1.807, 2.05) is 12.1 Å². The average molecular weight is 273 g/mol. The molecule has 0 saturated heterocycles. The molecule has 1 aliphatic carbocycles. The van der Waals surface area contributed by atoms with Crippen LogP contribution in [0.5, 0.6) is 0 Å². The van der Waals surface area contributed by atoms with Gasteiger partial charge >= 0.3 is 0 Å². The molecular formula is C14H15N3O3. The number of rotatable bonds is 1. The highest BCUT2D eigenvalue weighted by Gasteiger charge is 2.49. The van der Waals surface area contributed by atoms with Crippen LogP contribution in [0.25, 0.3) is 0 Å². The van der Waals surface area contributed by atoms with Crippen LogP contribution >= 0.6 is 0 Å². The molecule has 1 aromatic rings. The minimum Gasteiger partial charge on any atom is -0.412 e. The van der Waals surface area contributed by atoms with E-state index in [0.717, 1.165) is 35.4 Å². The zero-order valence-corrected chi connectivity index (χ0v) is 10.8. The Balaban J connectivity index is 0.00000121. The van der Waals surface area contributed by atoms with Crippen molar-refractivity contribution < 1.29 is 15.1 Å². The molecule has 1 saturated carbocycles. The van der Waals surface area contributed by atoms with E-state index in [1.54, 1.807) is 0 Å². The van der Waals surface area contributed by atoms with Gasteiger partial charge in [0.2, 0.25) is 11.8 Å². The van der Waals surface area contributed by atoms with E-state index < -0.39 is 0 Å².